The van der Waals surface area contributed by atoms with Crippen LogP contribution in [0.4, 0.5) is 11.4 Å². The van der Waals surface area contributed by atoms with Gasteiger partial charge >= 0.3 is 156 Å². The van der Waals surface area contributed by atoms with Crippen LogP contribution in [0.3, 0.4) is 0 Å². The molecule has 5 rings (SSSR count). The molecule has 2 unspecified atom stereocenters. The number of benzene rings is 4. The molecule has 214 valence electrons. The number of hydrogen-bond acceptors (Lipinski definition) is 6. The maximum absolute atomic E-state index is 9.99. The van der Waals surface area contributed by atoms with Crippen LogP contribution in [0.2, 0.25) is 0 Å². The molecule has 41 heavy (non-hydrogen) atoms. The fraction of sp³-hybridized carbons (Fsp3) is 0.219. The van der Waals surface area contributed by atoms with Crippen molar-refractivity contribution in [3.05, 3.63) is 132 Å². The summed E-state index contributed by atoms with van der Waals surface area (Å²) in [6, 6.07) is 40.8. The summed E-state index contributed by atoms with van der Waals surface area (Å²) in [5.41, 5.74) is 3.90. The number of aliphatic hydroxyl groups is 2. The maximum atomic E-state index is 9.99. The minimum Gasteiger partial charge on any atom is -0.388 e. The van der Waals surface area contributed by atoms with Crippen LogP contribution in [0, 0.1) is 6.07 Å². The number of rotatable bonds is 8. The van der Waals surface area contributed by atoms with Gasteiger partial charge in [-0.05, 0) is 11.1 Å². The molecule has 1 aliphatic rings. The van der Waals surface area contributed by atoms with E-state index < -0.39 is 12.2 Å². The van der Waals surface area contributed by atoms with Gasteiger partial charge in [0.15, 0.2) is 0 Å². The number of nitrogens with zero attached hydrogens (tertiary/aromatic N) is 4. The summed E-state index contributed by atoms with van der Waals surface area (Å²) in [4.78, 5) is 9.16. The first-order valence-corrected chi connectivity index (χ1v) is 14.5. The molecule has 0 bridgehead atoms. The Labute approximate surface area is 256 Å². The molecule has 0 amide bonds. The summed E-state index contributed by atoms with van der Waals surface area (Å²) >= 11 is 3.52. The molecular formula is C32H37B2N4O2Pd-. The second-order valence-electron chi connectivity index (χ2n) is 10.4. The molecule has 4 aromatic carbocycles. The number of anilines is 2. The maximum Gasteiger partial charge on any atom is 0.0818 e. The smallest absolute Gasteiger partial charge is 0.0818 e. The molecule has 0 spiro atoms. The standard InChI is InChI=1S/C17H21B2N4.C15H16O2.Pd/c1-20(2)18-19(21(3)4)23(17-13-9-6-10-14-17)15-22(18)16-11-7-5-8-12-16;16-14(12-7-3-1-4-8-12)11-15(17)13-9-5-2-6-10-13;/h5-13H,1-4H3;1-10,14-17H,11H2;/q-1;;. The van der Waals surface area contributed by atoms with E-state index in [0.717, 1.165) is 21.0 Å². The van der Waals surface area contributed by atoms with Crippen molar-refractivity contribution in [1.82, 2.24) is 9.62 Å². The predicted molar refractivity (Wildman–Crippen MR) is 168 cm³/mol. The molecule has 0 saturated carbocycles. The largest absolute Gasteiger partial charge is 0.388 e. The van der Waals surface area contributed by atoms with Gasteiger partial charge in [-0.3, -0.25) is 0 Å². The van der Waals surface area contributed by atoms with E-state index in [4.69, 9.17) is 0 Å². The summed E-state index contributed by atoms with van der Waals surface area (Å²) in [6.45, 7) is 0.323. The third-order valence-corrected chi connectivity index (χ3v) is 7.77. The molecule has 1 saturated heterocycles. The van der Waals surface area contributed by atoms with Gasteiger partial charge in [0.1, 0.15) is 0 Å². The minimum atomic E-state index is -0.633. The van der Waals surface area contributed by atoms with Gasteiger partial charge in [-0.15, -0.1) is 0 Å². The van der Waals surface area contributed by atoms with Gasteiger partial charge < -0.3 is 10.2 Å². The molecule has 2 atom stereocenters. The van der Waals surface area contributed by atoms with Crippen molar-refractivity contribution >= 4 is 29.4 Å². The Hall–Kier alpha value is -3.02. The summed E-state index contributed by atoms with van der Waals surface area (Å²) in [5.74, 6) is 0. The topological polar surface area (TPSA) is 53.4 Å². The second-order valence-corrected chi connectivity index (χ2v) is 11.1. The Morgan fingerprint density at radius 2 is 1.10 bits per heavy atom. The molecule has 2 N–H and O–H groups in total. The minimum absolute atomic E-state index is 0.156. The average Bonchev–Trinajstić information content (AvgIpc) is 3.32. The third kappa shape index (κ3) is 7.64. The van der Waals surface area contributed by atoms with E-state index in [1.807, 2.05) is 78.9 Å². The summed E-state index contributed by atoms with van der Waals surface area (Å²) in [7, 11) is 8.49. The van der Waals surface area contributed by atoms with E-state index in [1.165, 1.54) is 5.69 Å². The molecule has 1 aliphatic heterocycles. The molecule has 0 radical (unpaired) electrons. The zero-order valence-corrected chi connectivity index (χ0v) is 25.5. The molecule has 0 aliphatic carbocycles. The summed E-state index contributed by atoms with van der Waals surface area (Å²) < 4.78 is 1.06. The molecule has 6 nitrogen and oxygen atoms in total. The van der Waals surface area contributed by atoms with Gasteiger partial charge in [-0.1, -0.05) is 60.7 Å². The number of para-hydroxylation sites is 2. The third-order valence-electron chi connectivity index (χ3n) is 7.02. The molecule has 0 aromatic heterocycles. The van der Waals surface area contributed by atoms with Crippen molar-refractivity contribution < 1.29 is 29.0 Å². The molecular weight excluding hydrogens is 600 g/mol. The van der Waals surface area contributed by atoms with Gasteiger partial charge in [-0.25, -0.2) is 0 Å². The van der Waals surface area contributed by atoms with Crippen molar-refractivity contribution in [1.29, 1.82) is 0 Å². The zero-order chi connectivity index (χ0) is 29.4. The van der Waals surface area contributed by atoms with Crippen LogP contribution in [0.5, 0.6) is 0 Å². The van der Waals surface area contributed by atoms with Crippen molar-refractivity contribution in [2.24, 2.45) is 0 Å². The van der Waals surface area contributed by atoms with Crippen LogP contribution in [0.15, 0.2) is 115 Å². The van der Waals surface area contributed by atoms with E-state index in [2.05, 4.69) is 109 Å². The Balaban J connectivity index is 0.000000201. The molecule has 1 fully saturated rings. The quantitative estimate of drug-likeness (QED) is 0.220. The zero-order valence-electron chi connectivity index (χ0n) is 24.0. The number of aliphatic hydroxyl groups excluding tert-OH is 2. The first kappa shape index (κ1) is 30.9. The van der Waals surface area contributed by atoms with Gasteiger partial charge in [0.05, 0.1) is 12.2 Å². The van der Waals surface area contributed by atoms with Crippen molar-refractivity contribution in [2.75, 3.05) is 37.8 Å². The van der Waals surface area contributed by atoms with Crippen molar-refractivity contribution in [3.8, 4) is 0 Å². The van der Waals surface area contributed by atoms with Crippen LogP contribution in [0.1, 0.15) is 29.8 Å². The predicted octanol–water partition coefficient (Wildman–Crippen LogP) is 4.47. The molecule has 4 aromatic rings. The van der Waals surface area contributed by atoms with E-state index in [-0.39, 0.29) is 13.7 Å². The first-order chi connectivity index (χ1) is 19.8. The van der Waals surface area contributed by atoms with Crippen LogP contribution in [-0.4, -0.2) is 66.0 Å². The van der Waals surface area contributed by atoms with Crippen molar-refractivity contribution in [2.45, 2.75) is 18.6 Å². The van der Waals surface area contributed by atoms with Gasteiger partial charge in [-0.2, -0.15) is 0 Å². The fourth-order valence-electron chi connectivity index (χ4n) is 5.02. The van der Waals surface area contributed by atoms with E-state index in [9.17, 15) is 10.2 Å². The molecule has 1 heterocycles. The average molecular weight is 638 g/mol. The Morgan fingerprint density at radius 3 is 1.54 bits per heavy atom. The van der Waals surface area contributed by atoms with Crippen molar-refractivity contribution in [3.63, 3.8) is 0 Å². The summed E-state index contributed by atoms with van der Waals surface area (Å²) in [6.07, 6.45) is -0.952. The van der Waals surface area contributed by atoms with E-state index in [0.29, 0.717) is 6.42 Å². The molecule has 9 heteroatoms. The van der Waals surface area contributed by atoms with E-state index in [1.54, 1.807) is 0 Å². The Kier molecular flexibility index (Phi) is 11.1. The Bertz CT molecular complexity index is 1250. The monoisotopic (exact) mass is 637 g/mol. The summed E-state index contributed by atoms with van der Waals surface area (Å²) in [5, 5.41) is 20.0. The fourth-order valence-corrected chi connectivity index (χ4v) is 5.82. The van der Waals surface area contributed by atoms with Gasteiger partial charge in [0.25, 0.3) is 0 Å². The van der Waals surface area contributed by atoms with Crippen LogP contribution in [-0.2, 0) is 18.7 Å². The van der Waals surface area contributed by atoms with Gasteiger partial charge in [0.2, 0.25) is 0 Å². The van der Waals surface area contributed by atoms with Crippen LogP contribution >= 0.6 is 0 Å². The van der Waals surface area contributed by atoms with Gasteiger partial charge in [0, 0.05) is 6.42 Å². The number of hydrogen-bond donors (Lipinski definition) is 2. The van der Waals surface area contributed by atoms with Crippen LogP contribution in [0.25, 0.3) is 0 Å². The first-order valence-electron chi connectivity index (χ1n) is 13.7. The van der Waals surface area contributed by atoms with E-state index >= 15 is 0 Å². The normalized spacial score (nSPS) is 14.8. The van der Waals surface area contributed by atoms with Crippen LogP contribution < -0.4 is 9.62 Å². The second kappa shape index (κ2) is 14.7. The SMILES string of the molecule is CN(C)B1B(N(C)C)N(c2ccccc2)[C](=[Pd])N1c1[c-]cccc1.OC(CC(O)c1ccccc1)c1ccccc1. The Morgan fingerprint density at radius 1 is 0.659 bits per heavy atom.